The molecule has 0 saturated heterocycles. The van der Waals surface area contributed by atoms with Gasteiger partial charge in [-0.1, -0.05) is 166 Å². The number of hydrogen-bond donors (Lipinski definition) is 0. The fourth-order valence-corrected chi connectivity index (χ4v) is 8.20. The summed E-state index contributed by atoms with van der Waals surface area (Å²) in [6.07, 6.45) is 0. The first kappa shape index (κ1) is 29.5. The van der Waals surface area contributed by atoms with Gasteiger partial charge in [0.25, 0.3) is 0 Å². The first-order valence-electron chi connectivity index (χ1n) is 17.5. The normalized spacial score (nSPS) is 13.1. The van der Waals surface area contributed by atoms with Crippen LogP contribution in [0.2, 0.25) is 0 Å². The van der Waals surface area contributed by atoms with E-state index in [0.717, 1.165) is 43.6 Å². The zero-order valence-electron chi connectivity index (χ0n) is 28.4. The molecule has 0 radical (unpaired) electrons. The van der Waals surface area contributed by atoms with E-state index in [-0.39, 0.29) is 5.41 Å². The molecular weight excluding hydrogens is 619 g/mol. The SMILES string of the molecule is CC1(C)c2ccccc2-c2ccc(-c3ccc(-c4nc(-c5cccc6ccccc56)nc(-c5cccc6ccccc56)n4)c4ccccc34)cc21. The molecule has 1 aromatic heterocycles. The molecule has 1 aliphatic carbocycles. The molecule has 0 atom stereocenters. The monoisotopic (exact) mass is 651 g/mol. The predicted molar refractivity (Wildman–Crippen MR) is 212 cm³/mol. The second kappa shape index (κ2) is 11.3. The van der Waals surface area contributed by atoms with Gasteiger partial charge in [0.15, 0.2) is 17.5 Å². The molecule has 0 saturated carbocycles. The van der Waals surface area contributed by atoms with Crippen molar-refractivity contribution in [2.24, 2.45) is 0 Å². The van der Waals surface area contributed by atoms with Crippen molar-refractivity contribution < 1.29 is 0 Å². The van der Waals surface area contributed by atoms with Crippen LogP contribution in [0.25, 0.3) is 88.7 Å². The van der Waals surface area contributed by atoms with Crippen LogP contribution < -0.4 is 0 Å². The molecule has 0 N–H and O–H groups in total. The highest BCUT2D eigenvalue weighted by Crippen LogP contribution is 2.50. The Morgan fingerprint density at radius 3 is 1.37 bits per heavy atom. The number of rotatable bonds is 4. The second-order valence-electron chi connectivity index (χ2n) is 14.0. The van der Waals surface area contributed by atoms with Gasteiger partial charge >= 0.3 is 0 Å². The zero-order chi connectivity index (χ0) is 34.1. The van der Waals surface area contributed by atoms with Crippen LogP contribution in [-0.2, 0) is 5.41 Å². The lowest BCUT2D eigenvalue weighted by atomic mass is 9.81. The van der Waals surface area contributed by atoms with Crippen molar-refractivity contribution in [2.45, 2.75) is 19.3 Å². The molecule has 1 heterocycles. The summed E-state index contributed by atoms with van der Waals surface area (Å²) < 4.78 is 0. The van der Waals surface area contributed by atoms with E-state index in [1.807, 2.05) is 0 Å². The van der Waals surface area contributed by atoms with Gasteiger partial charge in [-0.3, -0.25) is 0 Å². The summed E-state index contributed by atoms with van der Waals surface area (Å²) in [6, 6.07) is 58.4. The molecule has 10 rings (SSSR count). The van der Waals surface area contributed by atoms with Gasteiger partial charge in [0, 0.05) is 22.1 Å². The van der Waals surface area contributed by atoms with Crippen molar-refractivity contribution in [1.82, 2.24) is 15.0 Å². The van der Waals surface area contributed by atoms with E-state index >= 15 is 0 Å². The van der Waals surface area contributed by atoms with Crippen molar-refractivity contribution in [3.8, 4) is 56.4 Å². The second-order valence-corrected chi connectivity index (χ2v) is 14.0. The molecule has 0 bridgehead atoms. The highest BCUT2D eigenvalue weighted by molar-refractivity contribution is 6.05. The lowest BCUT2D eigenvalue weighted by Crippen LogP contribution is -2.14. The molecule has 0 fully saturated rings. The van der Waals surface area contributed by atoms with Gasteiger partial charge in [-0.15, -0.1) is 0 Å². The standard InChI is InChI=1S/C48H33N3/c1-48(2)43-24-10-9-21-38(43)39-26-25-32(29-44(39)48)35-27-28-42(37-20-8-7-19-36(35)37)47-50-45(40-22-11-15-30-13-3-5-17-33(30)40)49-46(51-47)41-23-12-16-31-14-4-6-18-34(31)41/h3-29H,1-2H3. The van der Waals surface area contributed by atoms with E-state index in [0.29, 0.717) is 17.5 Å². The Hall–Kier alpha value is -6.45. The number of hydrogen-bond acceptors (Lipinski definition) is 3. The topological polar surface area (TPSA) is 38.7 Å². The lowest BCUT2D eigenvalue weighted by molar-refractivity contribution is 0.660. The largest absolute Gasteiger partial charge is 0.208 e. The molecule has 51 heavy (non-hydrogen) atoms. The van der Waals surface area contributed by atoms with Gasteiger partial charge in [0.2, 0.25) is 0 Å². The van der Waals surface area contributed by atoms with Crippen LogP contribution in [0.5, 0.6) is 0 Å². The highest BCUT2D eigenvalue weighted by atomic mass is 15.0. The summed E-state index contributed by atoms with van der Waals surface area (Å²) >= 11 is 0. The summed E-state index contributed by atoms with van der Waals surface area (Å²) in [6.45, 7) is 4.68. The third-order valence-electron chi connectivity index (χ3n) is 10.8. The van der Waals surface area contributed by atoms with Gasteiger partial charge in [0.05, 0.1) is 0 Å². The fourth-order valence-electron chi connectivity index (χ4n) is 8.20. The van der Waals surface area contributed by atoms with Crippen LogP contribution in [0.15, 0.2) is 164 Å². The van der Waals surface area contributed by atoms with E-state index < -0.39 is 0 Å². The van der Waals surface area contributed by atoms with Crippen LogP contribution in [0, 0.1) is 0 Å². The molecule has 0 unspecified atom stereocenters. The molecule has 1 aliphatic rings. The molecule has 0 aliphatic heterocycles. The van der Waals surface area contributed by atoms with Gasteiger partial charge in [-0.05, 0) is 77.8 Å². The van der Waals surface area contributed by atoms with E-state index in [2.05, 4.69) is 178 Å². The highest BCUT2D eigenvalue weighted by Gasteiger charge is 2.35. The Morgan fingerprint density at radius 1 is 0.333 bits per heavy atom. The van der Waals surface area contributed by atoms with Crippen LogP contribution >= 0.6 is 0 Å². The van der Waals surface area contributed by atoms with E-state index in [4.69, 9.17) is 15.0 Å². The zero-order valence-corrected chi connectivity index (χ0v) is 28.4. The molecule has 3 nitrogen and oxygen atoms in total. The summed E-state index contributed by atoms with van der Waals surface area (Å²) in [4.78, 5) is 15.7. The average molecular weight is 652 g/mol. The first-order chi connectivity index (χ1) is 25.0. The van der Waals surface area contributed by atoms with E-state index in [1.54, 1.807) is 0 Å². The maximum absolute atomic E-state index is 5.25. The van der Waals surface area contributed by atoms with Gasteiger partial charge in [-0.2, -0.15) is 0 Å². The number of benzene rings is 8. The van der Waals surface area contributed by atoms with Crippen LogP contribution in [0.4, 0.5) is 0 Å². The Kier molecular flexibility index (Phi) is 6.53. The summed E-state index contributed by atoms with van der Waals surface area (Å²) in [7, 11) is 0. The third kappa shape index (κ3) is 4.62. The number of nitrogens with zero attached hydrogens (tertiary/aromatic N) is 3. The van der Waals surface area contributed by atoms with Crippen LogP contribution in [0.1, 0.15) is 25.0 Å². The predicted octanol–water partition coefficient (Wildman–Crippen LogP) is 12.3. The summed E-state index contributed by atoms with van der Waals surface area (Å²) in [5.41, 5.74) is 10.7. The smallest absolute Gasteiger partial charge is 0.164 e. The minimum atomic E-state index is -0.0709. The van der Waals surface area contributed by atoms with Crippen molar-refractivity contribution in [3.63, 3.8) is 0 Å². The Bertz CT molecular complexity index is 2740. The Morgan fingerprint density at radius 2 is 0.745 bits per heavy atom. The van der Waals surface area contributed by atoms with Crippen LogP contribution in [0.3, 0.4) is 0 Å². The lowest BCUT2D eigenvalue weighted by Gasteiger charge is -2.22. The van der Waals surface area contributed by atoms with Gasteiger partial charge in [-0.25, -0.2) is 15.0 Å². The Balaban J connectivity index is 1.19. The van der Waals surface area contributed by atoms with Gasteiger partial charge < -0.3 is 0 Å². The molecule has 8 aromatic carbocycles. The van der Waals surface area contributed by atoms with Crippen molar-refractivity contribution in [2.75, 3.05) is 0 Å². The van der Waals surface area contributed by atoms with Crippen LogP contribution in [-0.4, -0.2) is 15.0 Å². The maximum Gasteiger partial charge on any atom is 0.164 e. The van der Waals surface area contributed by atoms with Crippen molar-refractivity contribution in [1.29, 1.82) is 0 Å². The summed E-state index contributed by atoms with van der Waals surface area (Å²) in [5.74, 6) is 1.98. The number of aromatic nitrogens is 3. The quantitative estimate of drug-likeness (QED) is 0.190. The minimum absolute atomic E-state index is 0.0709. The molecule has 0 spiro atoms. The number of fused-ring (bicyclic) bond motifs is 6. The van der Waals surface area contributed by atoms with E-state index in [1.165, 1.54) is 38.8 Å². The van der Waals surface area contributed by atoms with Crippen molar-refractivity contribution in [3.05, 3.63) is 175 Å². The van der Waals surface area contributed by atoms with E-state index in [9.17, 15) is 0 Å². The average Bonchev–Trinajstić information content (AvgIpc) is 3.42. The molecule has 9 aromatic rings. The van der Waals surface area contributed by atoms with Gasteiger partial charge in [0.1, 0.15) is 0 Å². The third-order valence-corrected chi connectivity index (χ3v) is 10.8. The fraction of sp³-hybridized carbons (Fsp3) is 0.0625. The molecule has 240 valence electrons. The molecule has 3 heteroatoms. The molecule has 0 amide bonds. The minimum Gasteiger partial charge on any atom is -0.208 e. The van der Waals surface area contributed by atoms with Crippen molar-refractivity contribution >= 4 is 32.3 Å². The molecular formula is C48H33N3. The first-order valence-corrected chi connectivity index (χ1v) is 17.5. The summed E-state index contributed by atoms with van der Waals surface area (Å²) in [5, 5.41) is 6.81. The Labute approximate surface area is 297 Å². The maximum atomic E-state index is 5.25.